The Bertz CT molecular complexity index is 1140. The van der Waals surface area contributed by atoms with E-state index in [4.69, 9.17) is 0 Å². The van der Waals surface area contributed by atoms with Gasteiger partial charge in [-0.1, -0.05) is 82.7 Å². The van der Waals surface area contributed by atoms with Crippen LogP contribution in [-0.4, -0.2) is 18.2 Å². The third-order valence-corrected chi connectivity index (χ3v) is 8.57. The van der Waals surface area contributed by atoms with Crippen molar-refractivity contribution in [3.8, 4) is 6.07 Å². The predicted molar refractivity (Wildman–Crippen MR) is 127 cm³/mol. The van der Waals surface area contributed by atoms with E-state index in [2.05, 4.69) is 63.7 Å². The number of carbonyl (C=O) groups excluding carboxylic acids is 1. The SMILES string of the molecule is N#CC1(C(=O)NCCSc2ccccc2)CC2(Br)c3ccccc3C1c1ccccc12. The van der Waals surface area contributed by atoms with Crippen molar-refractivity contribution in [1.29, 1.82) is 5.26 Å². The first-order valence-electron chi connectivity index (χ1n) is 10.4. The summed E-state index contributed by atoms with van der Waals surface area (Å²) < 4.78 is -0.541. The Kier molecular flexibility index (Phi) is 5.16. The van der Waals surface area contributed by atoms with Crippen LogP contribution in [0.5, 0.6) is 0 Å². The van der Waals surface area contributed by atoms with Gasteiger partial charge in [0.1, 0.15) is 5.41 Å². The number of nitrogens with zero attached hydrogens (tertiary/aromatic N) is 1. The van der Waals surface area contributed by atoms with Crippen LogP contribution in [-0.2, 0) is 9.12 Å². The maximum absolute atomic E-state index is 13.6. The molecule has 31 heavy (non-hydrogen) atoms. The highest BCUT2D eigenvalue weighted by atomic mass is 79.9. The normalized spacial score (nSPS) is 25.2. The van der Waals surface area contributed by atoms with E-state index in [1.54, 1.807) is 11.8 Å². The second kappa shape index (κ2) is 7.85. The molecule has 1 atom stereocenters. The Morgan fingerprint density at radius 1 is 1.00 bits per heavy atom. The zero-order valence-electron chi connectivity index (χ0n) is 16.8. The summed E-state index contributed by atoms with van der Waals surface area (Å²) in [6, 6.07) is 29.0. The Hall–Kier alpha value is -2.55. The molecule has 0 saturated heterocycles. The number of nitriles is 1. The molecule has 0 saturated carbocycles. The molecular formula is C26H21BrN2OS. The van der Waals surface area contributed by atoms with E-state index in [9.17, 15) is 10.1 Å². The third kappa shape index (κ3) is 3.12. The third-order valence-electron chi connectivity index (χ3n) is 6.42. The summed E-state index contributed by atoms with van der Waals surface area (Å²) in [6.07, 6.45) is 0.423. The molecule has 0 spiro atoms. The van der Waals surface area contributed by atoms with Gasteiger partial charge in [-0.15, -0.1) is 11.8 Å². The van der Waals surface area contributed by atoms with E-state index in [-0.39, 0.29) is 11.8 Å². The van der Waals surface area contributed by atoms with Crippen LogP contribution in [0.25, 0.3) is 0 Å². The molecule has 0 radical (unpaired) electrons. The quantitative estimate of drug-likeness (QED) is 0.289. The van der Waals surface area contributed by atoms with E-state index < -0.39 is 9.74 Å². The van der Waals surface area contributed by atoms with Gasteiger partial charge >= 0.3 is 0 Å². The lowest BCUT2D eigenvalue weighted by atomic mass is 9.52. The number of halogens is 1. The molecule has 0 aromatic heterocycles. The van der Waals surface area contributed by atoms with Gasteiger partial charge in [-0.25, -0.2) is 0 Å². The molecule has 3 nitrogen and oxygen atoms in total. The molecule has 3 aliphatic carbocycles. The summed E-state index contributed by atoms with van der Waals surface area (Å²) in [4.78, 5) is 14.7. The zero-order chi connectivity index (χ0) is 21.5. The first-order chi connectivity index (χ1) is 15.1. The lowest BCUT2D eigenvalue weighted by Gasteiger charge is -2.53. The van der Waals surface area contributed by atoms with Crippen LogP contribution in [0.4, 0.5) is 0 Å². The summed E-state index contributed by atoms with van der Waals surface area (Å²) in [5.41, 5.74) is 3.32. The molecular weight excluding hydrogens is 468 g/mol. The summed E-state index contributed by atoms with van der Waals surface area (Å²) >= 11 is 5.69. The average Bonchev–Trinajstić information content (AvgIpc) is 2.82. The number of nitrogens with one attached hydrogen (secondary N) is 1. The van der Waals surface area contributed by atoms with Crippen LogP contribution in [0, 0.1) is 16.7 Å². The van der Waals surface area contributed by atoms with Crippen molar-refractivity contribution in [2.75, 3.05) is 12.3 Å². The molecule has 0 heterocycles. The molecule has 1 N–H and O–H groups in total. The molecule has 2 bridgehead atoms. The Morgan fingerprint density at radius 2 is 1.58 bits per heavy atom. The van der Waals surface area contributed by atoms with E-state index >= 15 is 0 Å². The Labute approximate surface area is 195 Å². The fourth-order valence-electron chi connectivity index (χ4n) is 5.11. The Morgan fingerprint density at radius 3 is 2.19 bits per heavy atom. The monoisotopic (exact) mass is 488 g/mol. The van der Waals surface area contributed by atoms with Crippen molar-refractivity contribution in [1.82, 2.24) is 5.32 Å². The zero-order valence-corrected chi connectivity index (χ0v) is 19.2. The fourth-order valence-corrected chi connectivity index (χ4v) is 7.07. The Balaban J connectivity index is 1.46. The number of fused-ring (bicyclic) bond motifs is 1. The number of hydrogen-bond acceptors (Lipinski definition) is 3. The predicted octanol–water partition coefficient (Wildman–Crippen LogP) is 5.59. The second-order valence-corrected chi connectivity index (χ2v) is 10.6. The van der Waals surface area contributed by atoms with Gasteiger partial charge in [-0.3, -0.25) is 4.79 Å². The molecule has 3 aliphatic rings. The molecule has 3 aromatic rings. The highest BCUT2D eigenvalue weighted by molar-refractivity contribution is 9.09. The maximum Gasteiger partial charge on any atom is 0.241 e. The standard InChI is InChI=1S/C26H21BrN2OS/c27-26-16-25(17-28,24(30)29-14-15-31-18-8-2-1-3-9-18)23(19-10-4-6-12-21(19)26)20-11-5-7-13-22(20)26/h1-13,23H,14-16H2,(H,29,30). The molecule has 1 unspecified atom stereocenters. The number of thioether (sulfide) groups is 1. The van der Waals surface area contributed by atoms with Crippen LogP contribution in [0.1, 0.15) is 34.6 Å². The molecule has 1 amide bonds. The number of benzene rings is 3. The van der Waals surface area contributed by atoms with Crippen LogP contribution < -0.4 is 5.32 Å². The van der Waals surface area contributed by atoms with Gasteiger partial charge in [0, 0.05) is 23.1 Å². The van der Waals surface area contributed by atoms with Crippen LogP contribution >= 0.6 is 27.7 Å². The van der Waals surface area contributed by atoms with Crippen molar-refractivity contribution >= 4 is 33.6 Å². The topological polar surface area (TPSA) is 52.9 Å². The molecule has 154 valence electrons. The lowest BCUT2D eigenvalue weighted by molar-refractivity contribution is -0.130. The minimum absolute atomic E-state index is 0.179. The number of amides is 1. The van der Waals surface area contributed by atoms with Crippen LogP contribution in [0.15, 0.2) is 83.8 Å². The summed E-state index contributed by atoms with van der Waals surface area (Å²) in [7, 11) is 0. The van der Waals surface area contributed by atoms with E-state index in [0.717, 1.165) is 28.0 Å². The van der Waals surface area contributed by atoms with E-state index in [1.165, 1.54) is 4.90 Å². The minimum atomic E-state index is -1.15. The van der Waals surface area contributed by atoms with Gasteiger partial charge in [0.25, 0.3) is 0 Å². The lowest BCUT2D eigenvalue weighted by Crippen LogP contribution is -2.54. The number of rotatable bonds is 5. The molecule has 6 rings (SSSR count). The van der Waals surface area contributed by atoms with Gasteiger partial charge in [-0.05, 0) is 40.8 Å². The fraction of sp³-hybridized carbons (Fsp3) is 0.231. The van der Waals surface area contributed by atoms with Crippen LogP contribution in [0.3, 0.4) is 0 Å². The second-order valence-electron chi connectivity index (χ2n) is 8.09. The van der Waals surface area contributed by atoms with Gasteiger partial charge < -0.3 is 5.32 Å². The minimum Gasteiger partial charge on any atom is -0.354 e. The summed E-state index contributed by atoms with van der Waals surface area (Å²) in [5.74, 6) is 0.307. The molecule has 0 aliphatic heterocycles. The highest BCUT2D eigenvalue weighted by Crippen LogP contribution is 2.65. The van der Waals surface area contributed by atoms with E-state index in [1.807, 2.05) is 42.5 Å². The van der Waals surface area contributed by atoms with Gasteiger partial charge in [0.15, 0.2) is 0 Å². The van der Waals surface area contributed by atoms with Crippen molar-refractivity contribution in [3.05, 3.63) is 101 Å². The highest BCUT2D eigenvalue weighted by Gasteiger charge is 2.62. The largest absolute Gasteiger partial charge is 0.354 e. The van der Waals surface area contributed by atoms with Crippen LogP contribution in [0.2, 0.25) is 0 Å². The van der Waals surface area contributed by atoms with Crippen molar-refractivity contribution in [2.45, 2.75) is 21.6 Å². The maximum atomic E-state index is 13.6. The average molecular weight is 489 g/mol. The van der Waals surface area contributed by atoms with Crippen molar-refractivity contribution in [3.63, 3.8) is 0 Å². The van der Waals surface area contributed by atoms with Crippen molar-refractivity contribution in [2.24, 2.45) is 5.41 Å². The first-order valence-corrected chi connectivity index (χ1v) is 12.1. The summed E-state index contributed by atoms with van der Waals surface area (Å²) in [5, 5.41) is 13.5. The molecule has 3 aromatic carbocycles. The number of hydrogen-bond donors (Lipinski definition) is 1. The molecule has 5 heteroatoms. The van der Waals surface area contributed by atoms with E-state index in [0.29, 0.717) is 13.0 Å². The smallest absolute Gasteiger partial charge is 0.241 e. The van der Waals surface area contributed by atoms with Gasteiger partial charge in [-0.2, -0.15) is 5.26 Å². The van der Waals surface area contributed by atoms with Gasteiger partial charge in [0.05, 0.1) is 10.4 Å². The van der Waals surface area contributed by atoms with Gasteiger partial charge in [0.2, 0.25) is 5.91 Å². The number of alkyl halides is 1. The van der Waals surface area contributed by atoms with Crippen molar-refractivity contribution < 1.29 is 4.79 Å². The molecule has 0 fully saturated rings. The first kappa shape index (κ1) is 20.4. The number of carbonyl (C=O) groups is 1. The summed E-state index contributed by atoms with van der Waals surface area (Å²) in [6.45, 7) is 0.521.